The van der Waals surface area contributed by atoms with Crippen LogP contribution in [0.25, 0.3) is 0 Å². The van der Waals surface area contributed by atoms with Gasteiger partial charge in [0, 0.05) is 17.6 Å². The summed E-state index contributed by atoms with van der Waals surface area (Å²) in [5.41, 5.74) is 8.12. The maximum atomic E-state index is 5.72. The molecule has 3 nitrogen and oxygen atoms in total. The van der Waals surface area contributed by atoms with Crippen molar-refractivity contribution < 1.29 is 0 Å². The number of hydrogen-bond donors (Lipinski definition) is 1. The zero-order valence-electron chi connectivity index (χ0n) is 9.54. The quantitative estimate of drug-likeness (QED) is 0.884. The minimum absolute atomic E-state index is 0.394. The van der Waals surface area contributed by atoms with Crippen molar-refractivity contribution in [1.29, 1.82) is 0 Å². The Labute approximate surface area is 105 Å². The normalized spacial score (nSPS) is 19.8. The molecule has 17 heavy (non-hydrogen) atoms. The van der Waals surface area contributed by atoms with Crippen molar-refractivity contribution in [2.24, 2.45) is 0 Å². The largest absolute Gasteiger partial charge is 0.375 e. The first-order valence-electron chi connectivity index (χ1n) is 5.87. The SMILES string of the molecule is Nc1nc(C2CCCN2c2ccccc2)cs1. The molecule has 1 saturated heterocycles. The number of thiazole rings is 1. The Morgan fingerprint density at radius 1 is 1.29 bits per heavy atom. The Kier molecular flexibility index (Phi) is 2.73. The highest BCUT2D eigenvalue weighted by molar-refractivity contribution is 7.13. The molecule has 2 aromatic rings. The van der Waals surface area contributed by atoms with Gasteiger partial charge in [0.05, 0.1) is 11.7 Å². The van der Waals surface area contributed by atoms with Crippen molar-refractivity contribution in [3.8, 4) is 0 Å². The first kappa shape index (κ1) is 10.6. The van der Waals surface area contributed by atoms with E-state index in [1.165, 1.54) is 23.4 Å². The van der Waals surface area contributed by atoms with Crippen LogP contribution in [0.3, 0.4) is 0 Å². The molecule has 88 valence electrons. The van der Waals surface area contributed by atoms with E-state index in [0.717, 1.165) is 18.7 Å². The summed E-state index contributed by atoms with van der Waals surface area (Å²) in [6, 6.07) is 10.9. The Balaban J connectivity index is 1.90. The van der Waals surface area contributed by atoms with Crippen LogP contribution in [0.2, 0.25) is 0 Å². The van der Waals surface area contributed by atoms with E-state index < -0.39 is 0 Å². The van der Waals surface area contributed by atoms with Gasteiger partial charge in [-0.3, -0.25) is 0 Å². The molecule has 0 spiro atoms. The van der Waals surface area contributed by atoms with Gasteiger partial charge >= 0.3 is 0 Å². The number of hydrogen-bond acceptors (Lipinski definition) is 4. The lowest BCUT2D eigenvalue weighted by atomic mass is 10.1. The summed E-state index contributed by atoms with van der Waals surface area (Å²) in [6.45, 7) is 1.10. The maximum Gasteiger partial charge on any atom is 0.180 e. The average Bonchev–Trinajstić information content (AvgIpc) is 2.98. The fourth-order valence-electron chi connectivity index (χ4n) is 2.46. The number of anilines is 2. The number of para-hydroxylation sites is 1. The summed E-state index contributed by atoms with van der Waals surface area (Å²) < 4.78 is 0. The van der Waals surface area contributed by atoms with Gasteiger partial charge in [-0.15, -0.1) is 11.3 Å². The number of aromatic nitrogens is 1. The minimum Gasteiger partial charge on any atom is -0.375 e. The molecule has 1 aromatic heterocycles. The third-order valence-corrected chi connectivity index (χ3v) is 3.91. The van der Waals surface area contributed by atoms with Gasteiger partial charge in [-0.2, -0.15) is 0 Å². The van der Waals surface area contributed by atoms with Crippen LogP contribution in [0.15, 0.2) is 35.7 Å². The fourth-order valence-corrected chi connectivity index (χ4v) is 3.07. The number of nitrogens with two attached hydrogens (primary N) is 1. The molecule has 1 aliphatic rings. The Morgan fingerprint density at radius 3 is 2.82 bits per heavy atom. The second-order valence-electron chi connectivity index (χ2n) is 4.30. The van der Waals surface area contributed by atoms with E-state index in [2.05, 4.69) is 45.6 Å². The van der Waals surface area contributed by atoms with Gasteiger partial charge in [-0.05, 0) is 25.0 Å². The molecule has 0 aliphatic carbocycles. The summed E-state index contributed by atoms with van der Waals surface area (Å²) in [7, 11) is 0. The van der Waals surface area contributed by atoms with Crippen LogP contribution in [0, 0.1) is 0 Å². The molecule has 0 radical (unpaired) electrons. The predicted octanol–water partition coefficient (Wildman–Crippen LogP) is 3.07. The van der Waals surface area contributed by atoms with Crippen molar-refractivity contribution in [3.63, 3.8) is 0 Å². The summed E-state index contributed by atoms with van der Waals surface area (Å²) in [5, 5.41) is 2.75. The van der Waals surface area contributed by atoms with Gasteiger partial charge in [0.15, 0.2) is 5.13 Å². The lowest BCUT2D eigenvalue weighted by Crippen LogP contribution is -2.22. The van der Waals surface area contributed by atoms with Gasteiger partial charge in [0.1, 0.15) is 0 Å². The molecular weight excluding hydrogens is 230 g/mol. The molecule has 3 rings (SSSR count). The smallest absolute Gasteiger partial charge is 0.180 e. The van der Waals surface area contributed by atoms with E-state index in [1.807, 2.05) is 0 Å². The van der Waals surface area contributed by atoms with E-state index in [9.17, 15) is 0 Å². The van der Waals surface area contributed by atoms with E-state index in [1.54, 1.807) is 0 Å². The summed E-state index contributed by atoms with van der Waals surface area (Å²) in [5.74, 6) is 0. The lowest BCUT2D eigenvalue weighted by Gasteiger charge is -2.25. The second-order valence-corrected chi connectivity index (χ2v) is 5.19. The molecule has 0 amide bonds. The zero-order valence-corrected chi connectivity index (χ0v) is 10.4. The van der Waals surface area contributed by atoms with Gasteiger partial charge in [-0.25, -0.2) is 4.98 Å². The molecule has 2 N–H and O–H groups in total. The molecule has 0 saturated carbocycles. The van der Waals surface area contributed by atoms with Crippen LogP contribution in [-0.4, -0.2) is 11.5 Å². The van der Waals surface area contributed by atoms with Crippen molar-refractivity contribution >= 4 is 22.2 Å². The Hall–Kier alpha value is -1.55. The monoisotopic (exact) mass is 245 g/mol. The second kappa shape index (κ2) is 4.37. The standard InChI is InChI=1S/C13H15N3S/c14-13-15-11(9-17-13)12-7-4-8-16(12)10-5-2-1-3-6-10/h1-3,5-6,9,12H,4,7-8H2,(H2,14,15). The minimum atomic E-state index is 0.394. The van der Waals surface area contributed by atoms with Crippen LogP contribution >= 0.6 is 11.3 Å². The zero-order chi connectivity index (χ0) is 11.7. The predicted molar refractivity (Wildman–Crippen MR) is 72.3 cm³/mol. The Morgan fingerprint density at radius 2 is 2.12 bits per heavy atom. The van der Waals surface area contributed by atoms with Crippen molar-refractivity contribution in [2.45, 2.75) is 18.9 Å². The number of benzene rings is 1. The molecule has 1 aromatic carbocycles. The summed E-state index contributed by atoms with van der Waals surface area (Å²) in [6.07, 6.45) is 2.38. The first-order valence-corrected chi connectivity index (χ1v) is 6.75. The molecule has 2 heterocycles. The van der Waals surface area contributed by atoms with E-state index in [0.29, 0.717) is 11.2 Å². The van der Waals surface area contributed by atoms with Gasteiger partial charge in [0.25, 0.3) is 0 Å². The van der Waals surface area contributed by atoms with Crippen LogP contribution in [0.5, 0.6) is 0 Å². The van der Waals surface area contributed by atoms with Crippen LogP contribution < -0.4 is 10.6 Å². The van der Waals surface area contributed by atoms with Crippen molar-refractivity contribution in [3.05, 3.63) is 41.4 Å². The van der Waals surface area contributed by atoms with E-state index in [-0.39, 0.29) is 0 Å². The molecule has 1 aliphatic heterocycles. The molecule has 1 atom stereocenters. The molecule has 1 fully saturated rings. The maximum absolute atomic E-state index is 5.72. The van der Waals surface area contributed by atoms with E-state index >= 15 is 0 Å². The number of nitrogen functional groups attached to an aromatic ring is 1. The highest BCUT2D eigenvalue weighted by atomic mass is 32.1. The highest BCUT2D eigenvalue weighted by Gasteiger charge is 2.27. The topological polar surface area (TPSA) is 42.1 Å². The van der Waals surface area contributed by atoms with Gasteiger partial charge < -0.3 is 10.6 Å². The lowest BCUT2D eigenvalue weighted by molar-refractivity contribution is 0.701. The summed E-state index contributed by atoms with van der Waals surface area (Å²) in [4.78, 5) is 6.85. The fraction of sp³-hybridized carbons (Fsp3) is 0.308. The number of rotatable bonds is 2. The number of nitrogens with zero attached hydrogens (tertiary/aromatic N) is 2. The molecule has 4 heteroatoms. The first-order chi connectivity index (χ1) is 8.34. The molecular formula is C13H15N3S. The third-order valence-electron chi connectivity index (χ3n) is 3.22. The Bertz CT molecular complexity index is 494. The van der Waals surface area contributed by atoms with Gasteiger partial charge in [-0.1, -0.05) is 18.2 Å². The van der Waals surface area contributed by atoms with Gasteiger partial charge in [0.2, 0.25) is 0 Å². The molecule has 1 unspecified atom stereocenters. The van der Waals surface area contributed by atoms with Crippen LogP contribution in [0.1, 0.15) is 24.6 Å². The average molecular weight is 245 g/mol. The van der Waals surface area contributed by atoms with E-state index in [4.69, 9.17) is 5.73 Å². The van der Waals surface area contributed by atoms with Crippen molar-refractivity contribution in [1.82, 2.24) is 4.98 Å². The van der Waals surface area contributed by atoms with Crippen LogP contribution in [0.4, 0.5) is 10.8 Å². The summed E-state index contributed by atoms with van der Waals surface area (Å²) >= 11 is 1.53. The van der Waals surface area contributed by atoms with Crippen LogP contribution in [-0.2, 0) is 0 Å². The van der Waals surface area contributed by atoms with Crippen molar-refractivity contribution in [2.75, 3.05) is 17.2 Å². The highest BCUT2D eigenvalue weighted by Crippen LogP contribution is 2.36. The third kappa shape index (κ3) is 2.00. The molecule has 0 bridgehead atoms.